The van der Waals surface area contributed by atoms with Crippen molar-refractivity contribution in [3.8, 4) is 22.8 Å². The minimum atomic E-state index is -0.419. The predicted molar refractivity (Wildman–Crippen MR) is 158 cm³/mol. The van der Waals surface area contributed by atoms with Crippen molar-refractivity contribution >= 4 is 69.2 Å². The van der Waals surface area contributed by atoms with Crippen LogP contribution in [-0.4, -0.2) is 32.6 Å². The van der Waals surface area contributed by atoms with E-state index in [-0.39, 0.29) is 5.11 Å². The molecule has 5 rings (SSSR count). The molecule has 2 heterocycles. The molecule has 1 amide bonds. The molecule has 0 aliphatic heterocycles. The molecule has 0 unspecified atom stereocenters. The predicted octanol–water partition coefficient (Wildman–Crippen LogP) is 6.91. The fourth-order valence-corrected chi connectivity index (χ4v) is 4.42. The molecular formula is C28H21Cl2N5O3S. The normalized spacial score (nSPS) is 11.2. The average molecular weight is 578 g/mol. The molecule has 39 heavy (non-hydrogen) atoms. The molecule has 2 N–H and O–H groups in total. The smallest absolute Gasteiger partial charge is 0.250 e. The van der Waals surface area contributed by atoms with E-state index in [1.165, 1.54) is 12.2 Å². The van der Waals surface area contributed by atoms with Gasteiger partial charge in [-0.25, -0.2) is 0 Å². The molecule has 0 fully saturated rings. The Bertz CT molecular complexity index is 1700. The van der Waals surface area contributed by atoms with Crippen LogP contribution in [0.5, 0.6) is 5.75 Å². The van der Waals surface area contributed by atoms with Crippen LogP contribution in [0.4, 0.5) is 5.69 Å². The van der Waals surface area contributed by atoms with Crippen LogP contribution in [0.1, 0.15) is 12.7 Å². The van der Waals surface area contributed by atoms with E-state index in [0.717, 1.165) is 11.4 Å². The number of furan rings is 1. The van der Waals surface area contributed by atoms with E-state index in [9.17, 15) is 4.79 Å². The summed E-state index contributed by atoms with van der Waals surface area (Å²) in [5.41, 5.74) is 3.54. The zero-order chi connectivity index (χ0) is 27.4. The van der Waals surface area contributed by atoms with E-state index in [1.54, 1.807) is 47.3 Å². The van der Waals surface area contributed by atoms with Crippen LogP contribution in [0.2, 0.25) is 10.0 Å². The van der Waals surface area contributed by atoms with Crippen LogP contribution in [0.25, 0.3) is 34.1 Å². The molecule has 0 spiro atoms. The fourth-order valence-electron chi connectivity index (χ4n) is 3.70. The third-order valence-electron chi connectivity index (χ3n) is 5.48. The third-order valence-corrected chi connectivity index (χ3v) is 6.23. The summed E-state index contributed by atoms with van der Waals surface area (Å²) in [6.45, 7) is 2.54. The molecule has 196 valence electrons. The van der Waals surface area contributed by atoms with Gasteiger partial charge in [0.1, 0.15) is 28.3 Å². The first kappa shape index (κ1) is 26.4. The van der Waals surface area contributed by atoms with Crippen molar-refractivity contribution in [2.75, 3.05) is 11.9 Å². The summed E-state index contributed by atoms with van der Waals surface area (Å²) in [5.74, 6) is 1.40. The first-order chi connectivity index (χ1) is 18.9. The zero-order valence-electron chi connectivity index (χ0n) is 20.5. The number of carbonyl (C=O) groups is 1. The van der Waals surface area contributed by atoms with Crippen molar-refractivity contribution in [1.82, 2.24) is 20.3 Å². The first-order valence-electron chi connectivity index (χ1n) is 11.8. The van der Waals surface area contributed by atoms with Gasteiger partial charge in [-0.3, -0.25) is 10.1 Å². The van der Waals surface area contributed by atoms with Crippen molar-refractivity contribution in [2.24, 2.45) is 0 Å². The maximum absolute atomic E-state index is 12.4. The van der Waals surface area contributed by atoms with Crippen molar-refractivity contribution in [3.05, 3.63) is 94.7 Å². The number of fused-ring (bicyclic) bond motifs is 1. The highest BCUT2D eigenvalue weighted by Crippen LogP contribution is 2.31. The Balaban J connectivity index is 1.19. The van der Waals surface area contributed by atoms with Gasteiger partial charge in [-0.05, 0) is 98.0 Å². The van der Waals surface area contributed by atoms with Crippen LogP contribution in [0, 0.1) is 0 Å². The van der Waals surface area contributed by atoms with Crippen molar-refractivity contribution in [3.63, 3.8) is 0 Å². The maximum atomic E-state index is 12.4. The molecule has 5 aromatic rings. The maximum Gasteiger partial charge on any atom is 0.250 e. The highest BCUT2D eigenvalue weighted by atomic mass is 35.5. The molecule has 0 bridgehead atoms. The second kappa shape index (κ2) is 11.7. The number of thiocarbonyl (C=S) groups is 1. The lowest BCUT2D eigenvalue weighted by molar-refractivity contribution is -0.115. The quantitative estimate of drug-likeness (QED) is 0.160. The van der Waals surface area contributed by atoms with Gasteiger partial charge in [0.25, 0.3) is 0 Å². The standard InChI is InChI=1S/C28H21Cl2N5O3S/c1-2-37-20-7-5-19(6-8-20)35-33-24-12-4-18(16-25(24)34-35)31-28(39)32-27(36)14-10-21-9-13-26(38-21)22-11-3-17(29)15-23(22)30/h3-16H,2H2,1H3,(H2,31,32,36,39)/b14-10+. The molecule has 0 aliphatic carbocycles. The fraction of sp³-hybridized carbons (Fsp3) is 0.0714. The molecule has 0 atom stereocenters. The summed E-state index contributed by atoms with van der Waals surface area (Å²) in [4.78, 5) is 13.9. The molecular weight excluding hydrogens is 557 g/mol. The highest BCUT2D eigenvalue weighted by molar-refractivity contribution is 7.80. The SMILES string of the molecule is CCOc1ccc(-n2nc3ccc(NC(=S)NC(=O)/C=C/c4ccc(-c5ccc(Cl)cc5Cl)o4)cc3n2)cc1. The van der Waals surface area contributed by atoms with Gasteiger partial charge in [0.15, 0.2) is 5.11 Å². The molecule has 11 heteroatoms. The Morgan fingerprint density at radius 3 is 2.59 bits per heavy atom. The summed E-state index contributed by atoms with van der Waals surface area (Å²) >= 11 is 17.5. The van der Waals surface area contributed by atoms with Gasteiger partial charge in [0.2, 0.25) is 5.91 Å². The second-order valence-corrected chi connectivity index (χ2v) is 9.47. The molecule has 3 aromatic carbocycles. The van der Waals surface area contributed by atoms with E-state index in [2.05, 4.69) is 20.8 Å². The molecule has 0 saturated carbocycles. The molecule has 8 nitrogen and oxygen atoms in total. The number of benzene rings is 3. The van der Waals surface area contributed by atoms with Gasteiger partial charge in [0.05, 0.1) is 17.3 Å². The zero-order valence-corrected chi connectivity index (χ0v) is 22.8. The molecule has 2 aromatic heterocycles. The highest BCUT2D eigenvalue weighted by Gasteiger charge is 2.10. The van der Waals surface area contributed by atoms with Crippen LogP contribution in [-0.2, 0) is 4.79 Å². The Kier molecular flexibility index (Phi) is 7.92. The summed E-state index contributed by atoms with van der Waals surface area (Å²) < 4.78 is 11.2. The summed E-state index contributed by atoms with van der Waals surface area (Å²) in [6.07, 6.45) is 2.86. The number of nitrogens with zero attached hydrogens (tertiary/aromatic N) is 3. The van der Waals surface area contributed by atoms with Gasteiger partial charge in [-0.1, -0.05) is 23.2 Å². The number of hydrogen-bond acceptors (Lipinski definition) is 6. The number of halogens is 2. The lowest BCUT2D eigenvalue weighted by atomic mass is 10.2. The van der Waals surface area contributed by atoms with Gasteiger partial charge >= 0.3 is 0 Å². The van der Waals surface area contributed by atoms with Crippen LogP contribution in [0.3, 0.4) is 0 Å². The van der Waals surface area contributed by atoms with Crippen LogP contribution in [0.15, 0.2) is 83.3 Å². The number of rotatable bonds is 7. The summed E-state index contributed by atoms with van der Waals surface area (Å²) in [6, 6.07) is 21.6. The Morgan fingerprint density at radius 1 is 1.03 bits per heavy atom. The van der Waals surface area contributed by atoms with E-state index in [1.807, 2.05) is 37.3 Å². The van der Waals surface area contributed by atoms with Crippen molar-refractivity contribution < 1.29 is 13.9 Å². The lowest BCUT2D eigenvalue weighted by Crippen LogP contribution is -2.32. The minimum Gasteiger partial charge on any atom is -0.494 e. The number of nitrogens with one attached hydrogen (secondary N) is 2. The molecule has 0 aliphatic rings. The topological polar surface area (TPSA) is 94.2 Å². The van der Waals surface area contributed by atoms with Gasteiger partial charge < -0.3 is 14.5 Å². The summed E-state index contributed by atoms with van der Waals surface area (Å²) in [7, 11) is 0. The van der Waals surface area contributed by atoms with Gasteiger partial charge in [0, 0.05) is 22.3 Å². The Morgan fingerprint density at radius 2 is 1.82 bits per heavy atom. The van der Waals surface area contributed by atoms with Gasteiger partial charge in [-0.2, -0.15) is 4.80 Å². The Hall–Kier alpha value is -4.18. The van der Waals surface area contributed by atoms with Crippen molar-refractivity contribution in [1.29, 1.82) is 0 Å². The van der Waals surface area contributed by atoms with Crippen LogP contribution < -0.4 is 15.4 Å². The van der Waals surface area contributed by atoms with E-state index in [0.29, 0.717) is 50.5 Å². The number of anilines is 1. The second-order valence-electron chi connectivity index (χ2n) is 8.22. The molecule has 0 saturated heterocycles. The third kappa shape index (κ3) is 6.46. The van der Waals surface area contributed by atoms with E-state index < -0.39 is 5.91 Å². The van der Waals surface area contributed by atoms with Crippen LogP contribution >= 0.6 is 35.4 Å². The van der Waals surface area contributed by atoms with E-state index >= 15 is 0 Å². The lowest BCUT2D eigenvalue weighted by Gasteiger charge is -2.07. The van der Waals surface area contributed by atoms with Crippen molar-refractivity contribution in [2.45, 2.75) is 6.92 Å². The summed E-state index contributed by atoms with van der Waals surface area (Å²) in [5, 5.41) is 15.8. The number of aromatic nitrogens is 3. The number of ether oxygens (including phenoxy) is 1. The molecule has 0 radical (unpaired) electrons. The monoisotopic (exact) mass is 577 g/mol. The largest absolute Gasteiger partial charge is 0.494 e. The first-order valence-corrected chi connectivity index (χ1v) is 13.0. The van der Waals surface area contributed by atoms with E-state index in [4.69, 9.17) is 44.6 Å². The number of hydrogen-bond donors (Lipinski definition) is 2. The Labute approximate surface area is 239 Å². The minimum absolute atomic E-state index is 0.135. The number of amides is 1. The van der Waals surface area contributed by atoms with Gasteiger partial charge in [-0.15, -0.1) is 10.2 Å². The average Bonchev–Trinajstić information content (AvgIpc) is 3.55. The number of carbonyl (C=O) groups excluding carboxylic acids is 1.